The Hall–Kier alpha value is -5.54. The van der Waals surface area contributed by atoms with E-state index in [0.717, 1.165) is 80.8 Å². The highest BCUT2D eigenvalue weighted by molar-refractivity contribution is 6.77. The maximum Gasteiger partial charge on any atom is 0.407 e. The Kier molecular flexibility index (Phi) is 12.0. The van der Waals surface area contributed by atoms with E-state index in [9.17, 15) is 24.3 Å². The van der Waals surface area contributed by atoms with Gasteiger partial charge in [-0.15, -0.1) is 0 Å². The number of nitrogens with one attached hydrogen (secondary N) is 4. The number of benzene rings is 3. The van der Waals surface area contributed by atoms with Crippen LogP contribution in [-0.4, -0.2) is 106 Å². The van der Waals surface area contributed by atoms with Crippen molar-refractivity contribution >= 4 is 53.7 Å². The van der Waals surface area contributed by atoms with Crippen molar-refractivity contribution < 1.29 is 29.0 Å². The van der Waals surface area contributed by atoms with Crippen LogP contribution in [0.15, 0.2) is 60.8 Å². The predicted octanol–water partition coefficient (Wildman–Crippen LogP) is 6.54. The van der Waals surface area contributed by atoms with Crippen LogP contribution < -0.4 is 10.6 Å². The third-order valence-electron chi connectivity index (χ3n) is 12.0. The molecule has 2 saturated heterocycles. The number of imidazole rings is 2. The number of aromatic nitrogens is 4. The van der Waals surface area contributed by atoms with Crippen molar-refractivity contribution in [3.05, 3.63) is 72.4 Å². The third kappa shape index (κ3) is 8.62. The van der Waals surface area contributed by atoms with Gasteiger partial charge in [0, 0.05) is 18.5 Å². The highest BCUT2D eigenvalue weighted by Gasteiger charge is 2.42. The largest absolute Gasteiger partial charge is 0.453 e. The van der Waals surface area contributed by atoms with Gasteiger partial charge in [-0.25, -0.2) is 14.8 Å². The van der Waals surface area contributed by atoms with Crippen LogP contribution in [0.3, 0.4) is 0 Å². The Morgan fingerprint density at radius 3 is 2.19 bits per heavy atom. The van der Waals surface area contributed by atoms with E-state index in [2.05, 4.69) is 82.2 Å². The standard InChI is InChI=1S/C44H56N8O6Si/c1-25(2)37(48-36(54)23-53)42(55)52-19-20-59(6,7)24-35(52)41-46-32-17-15-30-21-29(14-16-31(30)39(32)49-41)27-10-12-28(13-11-27)33-22-45-40(47-33)34-9-8-18-51(34)43(56)38(26(3)4)50-44(57)58-5/h10-17,21-22,25-26,34-35,37-38,53H,8-9,18-20,23-24H2,1-7H3,(H,45,47)(H,46,49)(H,48,54)(H,50,57)/t34?,35-,37?,38?/m0/s1. The first kappa shape index (κ1) is 41.6. The molecule has 5 aromatic rings. The normalized spacial score (nSPS) is 19.0. The number of alkyl carbamates (subject to hydrolysis) is 1. The summed E-state index contributed by atoms with van der Waals surface area (Å²) in [7, 11) is -0.350. The summed E-state index contributed by atoms with van der Waals surface area (Å²) in [6.45, 7) is 12.8. The topological polar surface area (TPSA) is 186 Å². The molecule has 2 aliphatic heterocycles. The lowest BCUT2D eigenvalue weighted by atomic mass is 9.99. The number of nitrogens with zero attached hydrogens (tertiary/aromatic N) is 4. The molecule has 4 heterocycles. The number of H-pyrrole nitrogens is 2. The third-order valence-corrected chi connectivity index (χ3v) is 15.1. The molecule has 2 aliphatic rings. The fourth-order valence-electron chi connectivity index (χ4n) is 8.59. The number of hydrogen-bond donors (Lipinski definition) is 5. The van der Waals surface area contributed by atoms with Crippen molar-refractivity contribution in [2.75, 3.05) is 26.8 Å². The second kappa shape index (κ2) is 17.0. The molecule has 5 N–H and O–H groups in total. The van der Waals surface area contributed by atoms with Crippen molar-refractivity contribution in [1.82, 2.24) is 40.4 Å². The van der Waals surface area contributed by atoms with E-state index in [0.29, 0.717) is 13.1 Å². The molecule has 3 aromatic carbocycles. The molecular weight excluding hydrogens is 765 g/mol. The Morgan fingerprint density at radius 2 is 1.51 bits per heavy atom. The molecule has 2 fully saturated rings. The number of fused-ring (bicyclic) bond motifs is 3. The molecule has 0 saturated carbocycles. The number of carbonyl (C=O) groups is 4. The minimum absolute atomic E-state index is 0.110. The maximum absolute atomic E-state index is 14.0. The van der Waals surface area contributed by atoms with Gasteiger partial charge in [0.25, 0.3) is 0 Å². The van der Waals surface area contributed by atoms with Gasteiger partial charge in [-0.1, -0.05) is 83.3 Å². The van der Waals surface area contributed by atoms with Gasteiger partial charge >= 0.3 is 6.09 Å². The first-order valence-corrected chi connectivity index (χ1v) is 24.0. The molecule has 312 valence electrons. The molecular formula is C44H56N8O6Si. The average Bonchev–Trinajstić information content (AvgIpc) is 4.01. The second-order valence-corrected chi connectivity index (χ2v) is 22.7. The number of carbonyl (C=O) groups excluding carboxylic acids is 4. The Bertz CT molecular complexity index is 2350. The number of methoxy groups -OCH3 is 1. The van der Waals surface area contributed by atoms with Crippen LogP contribution in [0.1, 0.15) is 64.3 Å². The van der Waals surface area contributed by atoms with Gasteiger partial charge in [0.05, 0.1) is 50.2 Å². The zero-order valence-corrected chi connectivity index (χ0v) is 36.0. The van der Waals surface area contributed by atoms with Crippen molar-refractivity contribution in [3.8, 4) is 22.4 Å². The SMILES string of the molecule is COC(=O)NC(C(=O)N1CCCC1c1ncc(-c2ccc(-c3ccc4c(ccc5nc([C@@H]6C[Si](C)(C)CCN6C(=O)C(NC(=O)CO)C(C)C)[nH]c54)c3)cc2)[nH]1)C(C)C. The number of likely N-dealkylation sites (tertiary alicyclic amines) is 1. The van der Waals surface area contributed by atoms with Crippen molar-refractivity contribution in [2.45, 2.75) is 89.9 Å². The molecule has 59 heavy (non-hydrogen) atoms. The van der Waals surface area contributed by atoms with Crippen LogP contribution >= 0.6 is 0 Å². The molecule has 4 amide bonds. The molecule has 0 spiro atoms. The summed E-state index contributed by atoms with van der Waals surface area (Å²) in [5, 5.41) is 16.9. The van der Waals surface area contributed by atoms with E-state index < -0.39 is 38.8 Å². The lowest BCUT2D eigenvalue weighted by molar-refractivity contribution is -0.140. The fraction of sp³-hybridized carbons (Fsp3) is 0.455. The molecule has 3 unspecified atom stereocenters. The van der Waals surface area contributed by atoms with Crippen LogP contribution in [0.4, 0.5) is 4.79 Å². The van der Waals surface area contributed by atoms with Crippen LogP contribution in [-0.2, 0) is 19.1 Å². The molecule has 15 heteroatoms. The molecule has 2 aromatic heterocycles. The zero-order chi connectivity index (χ0) is 42.2. The molecule has 0 aliphatic carbocycles. The Balaban J connectivity index is 1.10. The summed E-state index contributed by atoms with van der Waals surface area (Å²) >= 11 is 0. The fourth-order valence-corrected chi connectivity index (χ4v) is 11.1. The van der Waals surface area contributed by atoms with Crippen LogP contribution in [0, 0.1) is 11.8 Å². The van der Waals surface area contributed by atoms with Gasteiger partial charge in [0.15, 0.2) is 0 Å². The summed E-state index contributed by atoms with van der Waals surface area (Å²) in [4.78, 5) is 72.3. The molecule has 7 rings (SSSR count). The summed E-state index contributed by atoms with van der Waals surface area (Å²) in [5.41, 5.74) is 5.70. The van der Waals surface area contributed by atoms with Crippen LogP contribution in [0.5, 0.6) is 0 Å². The van der Waals surface area contributed by atoms with Gasteiger partial charge in [-0.05, 0) is 71.0 Å². The van der Waals surface area contributed by atoms with Crippen molar-refractivity contribution in [2.24, 2.45) is 11.8 Å². The van der Waals surface area contributed by atoms with Crippen molar-refractivity contribution in [1.29, 1.82) is 0 Å². The zero-order valence-electron chi connectivity index (χ0n) is 35.0. The smallest absolute Gasteiger partial charge is 0.407 e. The van der Waals surface area contributed by atoms with Gasteiger partial charge in [-0.3, -0.25) is 14.4 Å². The van der Waals surface area contributed by atoms with E-state index >= 15 is 0 Å². The van der Waals surface area contributed by atoms with Gasteiger partial charge in [-0.2, -0.15) is 0 Å². The number of aromatic amines is 2. The van der Waals surface area contributed by atoms with Crippen LogP contribution in [0.2, 0.25) is 25.2 Å². The van der Waals surface area contributed by atoms with Crippen molar-refractivity contribution in [3.63, 3.8) is 0 Å². The Labute approximate surface area is 345 Å². The highest BCUT2D eigenvalue weighted by Crippen LogP contribution is 2.39. The van der Waals surface area contributed by atoms with E-state index in [1.54, 1.807) is 6.20 Å². The number of amides is 4. The number of aliphatic hydroxyl groups is 1. The van der Waals surface area contributed by atoms with E-state index in [1.165, 1.54) is 7.11 Å². The highest BCUT2D eigenvalue weighted by atomic mass is 28.3. The lowest BCUT2D eigenvalue weighted by Crippen LogP contribution is -2.56. The molecule has 0 radical (unpaired) electrons. The summed E-state index contributed by atoms with van der Waals surface area (Å²) in [5.74, 6) is 0.358. The quantitative estimate of drug-likeness (QED) is 0.0930. The number of aliphatic hydroxyl groups excluding tert-OH is 1. The predicted molar refractivity (Wildman–Crippen MR) is 230 cm³/mol. The lowest BCUT2D eigenvalue weighted by Gasteiger charge is -2.43. The first-order valence-electron chi connectivity index (χ1n) is 20.6. The van der Waals surface area contributed by atoms with Gasteiger partial charge < -0.3 is 40.2 Å². The van der Waals surface area contributed by atoms with E-state index in [4.69, 9.17) is 14.7 Å². The molecule has 4 atom stereocenters. The molecule has 14 nitrogen and oxygen atoms in total. The second-order valence-electron chi connectivity index (χ2n) is 17.4. The number of hydrogen-bond acceptors (Lipinski definition) is 8. The maximum atomic E-state index is 14.0. The van der Waals surface area contributed by atoms with Gasteiger partial charge in [0.2, 0.25) is 17.7 Å². The summed E-state index contributed by atoms with van der Waals surface area (Å²) in [6, 6.07) is 18.7. The van der Waals surface area contributed by atoms with Gasteiger partial charge in [0.1, 0.15) is 30.3 Å². The monoisotopic (exact) mass is 820 g/mol. The number of ether oxygens (including phenoxy) is 1. The first-order chi connectivity index (χ1) is 28.2. The minimum Gasteiger partial charge on any atom is -0.453 e. The summed E-state index contributed by atoms with van der Waals surface area (Å²) < 4.78 is 4.77. The summed E-state index contributed by atoms with van der Waals surface area (Å²) in [6.07, 6.45) is 2.80. The minimum atomic E-state index is -1.64. The Morgan fingerprint density at radius 1 is 0.847 bits per heavy atom. The van der Waals surface area contributed by atoms with Crippen LogP contribution in [0.25, 0.3) is 44.2 Å². The van der Waals surface area contributed by atoms with E-state index in [-0.39, 0.29) is 35.7 Å². The number of rotatable bonds is 11. The average molecular weight is 821 g/mol. The van der Waals surface area contributed by atoms with E-state index in [1.807, 2.05) is 43.6 Å². The molecule has 0 bridgehead atoms.